The Morgan fingerprint density at radius 1 is 0.886 bits per heavy atom. The second-order valence-electron chi connectivity index (χ2n) is 8.82. The van der Waals surface area contributed by atoms with Crippen LogP contribution in [-0.2, 0) is 16.0 Å². The van der Waals surface area contributed by atoms with Crippen molar-refractivity contribution in [3.63, 3.8) is 0 Å². The summed E-state index contributed by atoms with van der Waals surface area (Å²) in [5, 5.41) is 18.4. The number of carbonyl (C=O) groups excluding carboxylic acids is 1. The molecule has 2 heterocycles. The summed E-state index contributed by atoms with van der Waals surface area (Å²) >= 11 is 0. The highest BCUT2D eigenvalue weighted by molar-refractivity contribution is 5.91. The lowest BCUT2D eigenvalue weighted by Crippen LogP contribution is -2.43. The number of likely N-dealkylation sites (tertiary alicyclic amines) is 1. The Bertz CT molecular complexity index is 1250. The highest BCUT2D eigenvalue weighted by Gasteiger charge is 2.43. The molecular weight excluding hydrogens is 440 g/mol. The summed E-state index contributed by atoms with van der Waals surface area (Å²) < 4.78 is 1.79. The lowest BCUT2D eigenvalue weighted by atomic mass is 9.90. The molecule has 1 saturated heterocycles. The van der Waals surface area contributed by atoms with Crippen molar-refractivity contribution < 1.29 is 14.7 Å². The third kappa shape index (κ3) is 4.71. The monoisotopic (exact) mass is 466 g/mol. The second kappa shape index (κ2) is 9.93. The minimum atomic E-state index is -1.01. The highest BCUT2D eigenvalue weighted by Crippen LogP contribution is 2.34. The van der Waals surface area contributed by atoms with E-state index in [1.54, 1.807) is 10.9 Å². The van der Waals surface area contributed by atoms with Crippen LogP contribution in [0.4, 0.5) is 0 Å². The molecule has 176 valence electrons. The number of benzene rings is 3. The fourth-order valence-corrected chi connectivity index (χ4v) is 4.91. The van der Waals surface area contributed by atoms with E-state index in [4.69, 9.17) is 0 Å². The molecule has 4 aromatic rings. The average Bonchev–Trinajstić information content (AvgIpc) is 3.53. The molecule has 0 unspecified atom stereocenters. The zero-order valence-corrected chi connectivity index (χ0v) is 19.1. The number of rotatable bonds is 7. The summed E-state index contributed by atoms with van der Waals surface area (Å²) in [7, 11) is 0. The molecule has 1 aliphatic rings. The van der Waals surface area contributed by atoms with E-state index in [1.165, 1.54) is 4.90 Å². The van der Waals surface area contributed by atoms with Crippen LogP contribution in [0.5, 0.6) is 0 Å². The first-order valence-electron chi connectivity index (χ1n) is 11.7. The quantitative estimate of drug-likeness (QED) is 0.446. The van der Waals surface area contributed by atoms with Crippen molar-refractivity contribution in [2.24, 2.45) is 0 Å². The van der Waals surface area contributed by atoms with Crippen LogP contribution < -0.4 is 0 Å². The Kier molecular flexibility index (Phi) is 6.39. The van der Waals surface area contributed by atoms with Gasteiger partial charge in [0, 0.05) is 19.4 Å². The predicted octanol–water partition coefficient (Wildman–Crippen LogP) is 3.93. The summed E-state index contributed by atoms with van der Waals surface area (Å²) in [6, 6.07) is 27.8. The zero-order valence-electron chi connectivity index (χ0n) is 19.1. The van der Waals surface area contributed by atoms with Gasteiger partial charge in [0.05, 0.1) is 23.9 Å². The molecule has 1 N–H and O–H groups in total. The Morgan fingerprint density at radius 3 is 2.03 bits per heavy atom. The summed E-state index contributed by atoms with van der Waals surface area (Å²) in [4.78, 5) is 27.7. The molecule has 7 heteroatoms. The zero-order chi connectivity index (χ0) is 24.2. The molecule has 1 aliphatic heterocycles. The molecule has 1 aromatic heterocycles. The molecule has 0 spiro atoms. The van der Waals surface area contributed by atoms with Crippen molar-refractivity contribution >= 4 is 11.9 Å². The van der Waals surface area contributed by atoms with Crippen molar-refractivity contribution in [3.05, 3.63) is 120 Å². The number of carboxylic acids is 1. The first-order chi connectivity index (χ1) is 17.1. The minimum Gasteiger partial charge on any atom is -0.480 e. The summed E-state index contributed by atoms with van der Waals surface area (Å²) in [6.45, 7) is 0.261. The minimum absolute atomic E-state index is 0.220. The van der Waals surface area contributed by atoms with Gasteiger partial charge < -0.3 is 10.0 Å². The van der Waals surface area contributed by atoms with Gasteiger partial charge in [0.2, 0.25) is 5.91 Å². The Balaban J connectivity index is 1.45. The van der Waals surface area contributed by atoms with E-state index < -0.39 is 17.9 Å². The van der Waals surface area contributed by atoms with E-state index in [0.29, 0.717) is 6.42 Å². The van der Waals surface area contributed by atoms with Crippen LogP contribution in [-0.4, -0.2) is 49.5 Å². The number of hydrogen-bond donors (Lipinski definition) is 1. The first-order valence-corrected chi connectivity index (χ1v) is 11.7. The van der Waals surface area contributed by atoms with E-state index >= 15 is 0 Å². The molecule has 1 amide bonds. The number of amides is 1. The van der Waals surface area contributed by atoms with Gasteiger partial charge in [0.15, 0.2) is 0 Å². The molecule has 1 fully saturated rings. The third-order valence-corrected chi connectivity index (χ3v) is 6.58. The van der Waals surface area contributed by atoms with Gasteiger partial charge in [-0.2, -0.15) is 0 Å². The molecule has 5 rings (SSSR count). The van der Waals surface area contributed by atoms with Crippen LogP contribution in [0.15, 0.2) is 97.2 Å². The van der Waals surface area contributed by atoms with Crippen LogP contribution in [0, 0.1) is 0 Å². The van der Waals surface area contributed by atoms with Gasteiger partial charge in [-0.05, 0) is 16.7 Å². The van der Waals surface area contributed by atoms with Crippen molar-refractivity contribution in [2.45, 2.75) is 30.8 Å². The van der Waals surface area contributed by atoms with Crippen LogP contribution in [0.25, 0.3) is 0 Å². The fraction of sp³-hybridized carbons (Fsp3) is 0.214. The molecule has 0 radical (unpaired) electrons. The molecule has 7 nitrogen and oxygen atoms in total. The van der Waals surface area contributed by atoms with Gasteiger partial charge >= 0.3 is 5.97 Å². The normalized spacial score (nSPS) is 17.6. The van der Waals surface area contributed by atoms with E-state index in [1.807, 2.05) is 91.0 Å². The molecule has 0 bridgehead atoms. The Labute approximate surface area is 203 Å². The van der Waals surface area contributed by atoms with Crippen molar-refractivity contribution in [2.75, 3.05) is 6.54 Å². The van der Waals surface area contributed by atoms with Gasteiger partial charge in [-0.3, -0.25) is 4.79 Å². The Morgan fingerprint density at radius 2 is 1.46 bits per heavy atom. The molecule has 0 aliphatic carbocycles. The van der Waals surface area contributed by atoms with E-state index in [2.05, 4.69) is 10.3 Å². The van der Waals surface area contributed by atoms with Crippen LogP contribution in [0.1, 0.15) is 40.8 Å². The lowest BCUT2D eigenvalue weighted by Gasteiger charge is -2.27. The first kappa shape index (κ1) is 22.5. The van der Waals surface area contributed by atoms with Crippen LogP contribution >= 0.6 is 0 Å². The molecule has 0 saturated carbocycles. The molecule has 2 atom stereocenters. The fourth-order valence-electron chi connectivity index (χ4n) is 4.91. The van der Waals surface area contributed by atoms with Crippen molar-refractivity contribution in [1.82, 2.24) is 19.9 Å². The molecular formula is C28H26N4O3. The summed E-state index contributed by atoms with van der Waals surface area (Å²) in [6.07, 6.45) is 2.62. The maximum atomic E-state index is 14.0. The number of nitrogens with zero attached hydrogens (tertiary/aromatic N) is 4. The van der Waals surface area contributed by atoms with Crippen LogP contribution in [0.2, 0.25) is 0 Å². The Hall–Kier alpha value is -4.26. The number of hydrogen-bond acceptors (Lipinski definition) is 4. The maximum absolute atomic E-state index is 14.0. The average molecular weight is 467 g/mol. The summed E-state index contributed by atoms with van der Waals surface area (Å²) in [5.74, 6) is -1.81. The number of aromatic nitrogens is 3. The van der Waals surface area contributed by atoms with E-state index in [-0.39, 0.29) is 24.9 Å². The topological polar surface area (TPSA) is 88.3 Å². The lowest BCUT2D eigenvalue weighted by molar-refractivity contribution is -0.148. The highest BCUT2D eigenvalue weighted by atomic mass is 16.4. The predicted molar refractivity (Wildman–Crippen MR) is 131 cm³/mol. The standard InChI is InChI=1S/C28H26N4O3/c33-27(26(21-12-6-2-7-13-21)22-14-8-3-9-15-22)31-19-24(17-25(31)28(34)35)32-23(18-29-30-32)16-20-10-4-1-5-11-20/h1-15,18,24-26H,16-17,19H2,(H,34,35)/t24-,25-/m0/s1. The SMILES string of the molecule is O=C(O)[C@@H]1C[C@H](n2nncc2Cc2ccccc2)CN1C(=O)C(c1ccccc1)c1ccccc1. The number of carbonyl (C=O) groups is 2. The van der Waals surface area contributed by atoms with Gasteiger partial charge in [0.25, 0.3) is 0 Å². The van der Waals surface area contributed by atoms with Crippen molar-refractivity contribution in [1.29, 1.82) is 0 Å². The smallest absolute Gasteiger partial charge is 0.326 e. The van der Waals surface area contributed by atoms with E-state index in [9.17, 15) is 14.7 Å². The largest absolute Gasteiger partial charge is 0.480 e. The number of carboxylic acid groups (broad SMARTS) is 1. The molecule has 3 aromatic carbocycles. The van der Waals surface area contributed by atoms with Crippen molar-refractivity contribution in [3.8, 4) is 0 Å². The van der Waals surface area contributed by atoms with E-state index in [0.717, 1.165) is 22.4 Å². The summed E-state index contributed by atoms with van der Waals surface area (Å²) in [5.41, 5.74) is 3.68. The third-order valence-electron chi connectivity index (χ3n) is 6.58. The van der Waals surface area contributed by atoms with Crippen LogP contribution in [0.3, 0.4) is 0 Å². The maximum Gasteiger partial charge on any atom is 0.326 e. The van der Waals surface area contributed by atoms with Gasteiger partial charge in [0.1, 0.15) is 6.04 Å². The molecule has 35 heavy (non-hydrogen) atoms. The van der Waals surface area contributed by atoms with Gasteiger partial charge in [-0.1, -0.05) is 96.2 Å². The van der Waals surface area contributed by atoms with Gasteiger partial charge in [-0.25, -0.2) is 9.48 Å². The number of aliphatic carboxylic acids is 1. The van der Waals surface area contributed by atoms with Gasteiger partial charge in [-0.15, -0.1) is 5.10 Å². The second-order valence-corrected chi connectivity index (χ2v) is 8.82.